The first-order chi connectivity index (χ1) is 21.6. The molecular formula is C32H35N7O5S. The smallest absolute Gasteiger partial charge is 0.286 e. The van der Waals surface area contributed by atoms with Gasteiger partial charge < -0.3 is 15.4 Å². The monoisotopic (exact) mass is 629 g/mol. The number of benzene rings is 2. The van der Waals surface area contributed by atoms with Crippen LogP contribution in [0.3, 0.4) is 0 Å². The van der Waals surface area contributed by atoms with Crippen LogP contribution in [0.2, 0.25) is 0 Å². The molecule has 3 amide bonds. The summed E-state index contributed by atoms with van der Waals surface area (Å²) in [5.74, 6) is -1.30. The Balaban J connectivity index is 1.28. The van der Waals surface area contributed by atoms with Crippen molar-refractivity contribution in [1.29, 1.82) is 0 Å². The van der Waals surface area contributed by atoms with Crippen molar-refractivity contribution in [2.75, 3.05) is 51.0 Å². The molecule has 2 N–H and O–H groups in total. The van der Waals surface area contributed by atoms with Crippen LogP contribution in [-0.4, -0.2) is 87.2 Å². The Bertz CT molecular complexity index is 1860. The molecule has 5 rings (SSSR count). The van der Waals surface area contributed by atoms with Crippen LogP contribution in [0, 0.1) is 6.92 Å². The topological polar surface area (TPSA) is 148 Å². The van der Waals surface area contributed by atoms with Gasteiger partial charge in [0.05, 0.1) is 34.2 Å². The van der Waals surface area contributed by atoms with Crippen molar-refractivity contribution in [2.45, 2.75) is 11.8 Å². The number of nitrogens with one attached hydrogen (secondary N) is 2. The fourth-order valence-electron chi connectivity index (χ4n) is 4.90. The molecule has 4 aromatic rings. The number of aromatic nitrogens is 3. The first-order valence-electron chi connectivity index (χ1n) is 14.4. The number of morpholine rings is 1. The number of aryl methyl sites for hydroxylation is 2. The highest BCUT2D eigenvalue weighted by atomic mass is 32.2. The second kappa shape index (κ2) is 13.9. The van der Waals surface area contributed by atoms with E-state index in [0.29, 0.717) is 54.4 Å². The number of nitrogens with zero attached hydrogens (tertiary/aromatic N) is 5. The van der Waals surface area contributed by atoms with Crippen molar-refractivity contribution in [2.24, 2.45) is 11.4 Å². The zero-order valence-electron chi connectivity index (χ0n) is 25.4. The summed E-state index contributed by atoms with van der Waals surface area (Å²) >= 11 is 0. The van der Waals surface area contributed by atoms with Crippen LogP contribution in [0.4, 0.5) is 5.69 Å². The van der Waals surface area contributed by atoms with Gasteiger partial charge in [0.1, 0.15) is 5.69 Å². The minimum atomic E-state index is -3.19. The van der Waals surface area contributed by atoms with Crippen molar-refractivity contribution in [3.63, 3.8) is 0 Å². The van der Waals surface area contributed by atoms with Gasteiger partial charge in [-0.1, -0.05) is 18.2 Å². The van der Waals surface area contributed by atoms with E-state index in [-0.39, 0.29) is 22.3 Å². The van der Waals surface area contributed by atoms with Gasteiger partial charge in [0.2, 0.25) is 0 Å². The van der Waals surface area contributed by atoms with Gasteiger partial charge in [-0.15, -0.1) is 0 Å². The summed E-state index contributed by atoms with van der Waals surface area (Å²) < 4.78 is 24.5. The van der Waals surface area contributed by atoms with Crippen molar-refractivity contribution in [3.8, 4) is 11.1 Å². The number of hydrogen-bond donors (Lipinski definition) is 2. The number of carbonyl (C=O) groups excluding carboxylic acids is 3. The lowest BCUT2D eigenvalue weighted by molar-refractivity contribution is 0.0383. The summed E-state index contributed by atoms with van der Waals surface area (Å²) in [4.78, 5) is 45.4. The third-order valence-electron chi connectivity index (χ3n) is 7.28. The Morgan fingerprint density at radius 2 is 1.73 bits per heavy atom. The first-order valence-corrected chi connectivity index (χ1v) is 16.3. The second-order valence-corrected chi connectivity index (χ2v) is 13.0. The lowest BCUT2D eigenvalue weighted by Gasteiger charge is -2.26. The summed E-state index contributed by atoms with van der Waals surface area (Å²) in [6.45, 7) is 6.01. The van der Waals surface area contributed by atoms with E-state index in [1.165, 1.54) is 23.2 Å². The van der Waals surface area contributed by atoms with Crippen molar-refractivity contribution in [3.05, 3.63) is 95.6 Å². The number of pyridine rings is 1. The highest BCUT2D eigenvalue weighted by Crippen LogP contribution is 2.24. The third kappa shape index (κ3) is 8.06. The molecule has 0 bridgehead atoms. The molecular weight excluding hydrogens is 594 g/mol. The molecule has 0 spiro atoms. The summed E-state index contributed by atoms with van der Waals surface area (Å²) in [6.07, 6.45) is 4.32. The molecule has 1 unspecified atom stereocenters. The summed E-state index contributed by atoms with van der Waals surface area (Å²) in [6, 6.07) is 16.8. The number of amides is 3. The van der Waals surface area contributed by atoms with Gasteiger partial charge in [0, 0.05) is 73.6 Å². The fraction of sp³-hybridized carbons (Fsp3) is 0.281. The van der Waals surface area contributed by atoms with E-state index in [9.17, 15) is 18.6 Å². The maximum atomic E-state index is 13.6. The van der Waals surface area contributed by atoms with Gasteiger partial charge in [-0.05, 0) is 55.0 Å². The van der Waals surface area contributed by atoms with Gasteiger partial charge in [0.15, 0.2) is 0 Å². The maximum Gasteiger partial charge on any atom is 0.286 e. The van der Waals surface area contributed by atoms with Crippen LogP contribution < -0.4 is 10.6 Å². The van der Waals surface area contributed by atoms with E-state index in [1.807, 2.05) is 13.0 Å². The predicted molar refractivity (Wildman–Crippen MR) is 171 cm³/mol. The highest BCUT2D eigenvalue weighted by Gasteiger charge is 2.17. The molecule has 234 valence electrons. The quantitative estimate of drug-likeness (QED) is 0.286. The lowest BCUT2D eigenvalue weighted by Crippen LogP contribution is -2.41. The van der Waals surface area contributed by atoms with Crippen LogP contribution in [-0.2, 0) is 21.5 Å². The molecule has 13 heteroatoms. The van der Waals surface area contributed by atoms with Crippen molar-refractivity contribution < 1.29 is 23.3 Å². The van der Waals surface area contributed by atoms with E-state index in [0.717, 1.165) is 18.8 Å². The average Bonchev–Trinajstić information content (AvgIpc) is 3.39. The van der Waals surface area contributed by atoms with Gasteiger partial charge >= 0.3 is 0 Å². The molecule has 45 heavy (non-hydrogen) atoms. The standard InChI is InChI=1S/C32H35N7O5S/c1-22-16-29(38(2)36-22)32(42)35-27-8-4-6-23(18-27)25-17-26(21-33-20-25)31(41)37-45(3,43)28-9-5-7-24(19-28)30(40)34-10-11-39-12-14-44-15-13-39/h4-9,16-21H,10-15H2,1-3H3,(H,34,40)(H,35,42). The Morgan fingerprint density at radius 3 is 2.49 bits per heavy atom. The molecule has 3 heterocycles. The number of rotatable bonds is 9. The van der Waals surface area contributed by atoms with Crippen LogP contribution in [0.1, 0.15) is 36.9 Å². The molecule has 2 aromatic carbocycles. The van der Waals surface area contributed by atoms with E-state index in [1.54, 1.807) is 61.8 Å². The minimum absolute atomic E-state index is 0.152. The van der Waals surface area contributed by atoms with Crippen LogP contribution in [0.5, 0.6) is 0 Å². The van der Waals surface area contributed by atoms with E-state index >= 15 is 0 Å². The van der Waals surface area contributed by atoms with Gasteiger partial charge in [-0.2, -0.15) is 9.46 Å². The molecule has 0 aliphatic carbocycles. The zero-order chi connectivity index (χ0) is 32.0. The number of hydrogen-bond acceptors (Lipinski definition) is 8. The first kappa shape index (κ1) is 31.7. The molecule has 1 atom stereocenters. The number of ether oxygens (including phenoxy) is 1. The zero-order valence-corrected chi connectivity index (χ0v) is 26.2. The molecule has 0 radical (unpaired) electrons. The lowest BCUT2D eigenvalue weighted by atomic mass is 10.1. The number of anilines is 1. The van der Waals surface area contributed by atoms with Crippen LogP contribution >= 0.6 is 0 Å². The Morgan fingerprint density at radius 1 is 0.956 bits per heavy atom. The van der Waals surface area contributed by atoms with Crippen molar-refractivity contribution in [1.82, 2.24) is 25.0 Å². The molecule has 2 aromatic heterocycles. The Hall–Kier alpha value is -4.72. The van der Waals surface area contributed by atoms with Crippen LogP contribution in [0.15, 0.2) is 82.3 Å². The van der Waals surface area contributed by atoms with E-state index < -0.39 is 15.6 Å². The fourth-order valence-corrected chi connectivity index (χ4v) is 6.10. The Labute approximate surface area is 262 Å². The summed E-state index contributed by atoms with van der Waals surface area (Å²) in [5.41, 5.74) is 3.52. The molecule has 0 saturated carbocycles. The van der Waals surface area contributed by atoms with Crippen LogP contribution in [0.25, 0.3) is 11.1 Å². The average molecular weight is 630 g/mol. The molecule has 12 nitrogen and oxygen atoms in total. The third-order valence-corrected chi connectivity index (χ3v) is 8.92. The maximum absolute atomic E-state index is 13.6. The highest BCUT2D eigenvalue weighted by molar-refractivity contribution is 7.93. The summed E-state index contributed by atoms with van der Waals surface area (Å²) in [7, 11) is -1.48. The van der Waals surface area contributed by atoms with Gasteiger partial charge in [0.25, 0.3) is 17.7 Å². The molecule has 1 aliphatic rings. The minimum Gasteiger partial charge on any atom is -0.379 e. The van der Waals surface area contributed by atoms with Crippen molar-refractivity contribution >= 4 is 33.1 Å². The number of carbonyl (C=O) groups is 3. The summed E-state index contributed by atoms with van der Waals surface area (Å²) in [5, 5.41) is 9.97. The van der Waals surface area contributed by atoms with E-state index in [4.69, 9.17) is 4.74 Å². The van der Waals surface area contributed by atoms with Gasteiger partial charge in [-0.3, -0.25) is 28.9 Å². The molecule has 1 fully saturated rings. The van der Waals surface area contributed by atoms with Gasteiger partial charge in [-0.25, -0.2) is 4.21 Å². The SMILES string of the molecule is Cc1cc(C(=O)Nc2cccc(-c3cncc(C(=O)N=S(C)(=O)c4cccc(C(=O)NCCN5CCOCC5)c4)c3)c2)n(C)n1. The molecule has 1 saturated heterocycles. The predicted octanol–water partition coefficient (Wildman–Crippen LogP) is 3.40. The normalized spacial score (nSPS) is 14.7. The second-order valence-electron chi connectivity index (χ2n) is 10.7. The van der Waals surface area contributed by atoms with E-state index in [2.05, 4.69) is 30.0 Å². The Kier molecular flexibility index (Phi) is 9.81. The largest absolute Gasteiger partial charge is 0.379 e. The molecule has 1 aliphatic heterocycles.